The van der Waals surface area contributed by atoms with E-state index < -0.39 is 11.7 Å². The SMILES string of the molecule is N[C@@H]1CCC[C@@H]1c1cccc(C(F)(F)F)c1. The Morgan fingerprint density at radius 1 is 1.19 bits per heavy atom. The van der Waals surface area contributed by atoms with Gasteiger partial charge in [0.25, 0.3) is 0 Å². The van der Waals surface area contributed by atoms with Gasteiger partial charge in [0.1, 0.15) is 0 Å². The van der Waals surface area contributed by atoms with Crippen molar-refractivity contribution in [2.45, 2.75) is 37.4 Å². The van der Waals surface area contributed by atoms with Crippen LogP contribution in [0.4, 0.5) is 13.2 Å². The fourth-order valence-corrected chi connectivity index (χ4v) is 2.35. The number of benzene rings is 1. The molecule has 1 saturated carbocycles. The number of rotatable bonds is 1. The Bertz CT molecular complexity index is 373. The molecule has 1 nitrogen and oxygen atoms in total. The minimum absolute atomic E-state index is 0.00323. The predicted molar refractivity (Wildman–Crippen MR) is 56.0 cm³/mol. The molecule has 1 aromatic carbocycles. The summed E-state index contributed by atoms with van der Waals surface area (Å²) in [7, 11) is 0. The van der Waals surface area contributed by atoms with Crippen molar-refractivity contribution in [2.24, 2.45) is 5.73 Å². The normalized spacial score (nSPS) is 26.0. The van der Waals surface area contributed by atoms with E-state index >= 15 is 0 Å². The molecule has 0 spiro atoms. The topological polar surface area (TPSA) is 26.0 Å². The van der Waals surface area contributed by atoms with Crippen LogP contribution >= 0.6 is 0 Å². The summed E-state index contributed by atoms with van der Waals surface area (Å²) in [6, 6.07) is 5.54. The Morgan fingerprint density at radius 3 is 2.50 bits per heavy atom. The first-order valence-corrected chi connectivity index (χ1v) is 5.41. The second kappa shape index (κ2) is 4.09. The zero-order chi connectivity index (χ0) is 11.8. The van der Waals surface area contributed by atoms with Gasteiger partial charge in [-0.15, -0.1) is 0 Å². The minimum atomic E-state index is -4.27. The lowest BCUT2D eigenvalue weighted by Gasteiger charge is -2.17. The second-order valence-corrected chi connectivity index (χ2v) is 4.32. The highest BCUT2D eigenvalue weighted by molar-refractivity contribution is 5.29. The van der Waals surface area contributed by atoms with Crippen molar-refractivity contribution in [1.82, 2.24) is 0 Å². The average molecular weight is 229 g/mol. The molecule has 0 radical (unpaired) electrons. The smallest absolute Gasteiger partial charge is 0.327 e. The Labute approximate surface area is 92.5 Å². The van der Waals surface area contributed by atoms with Crippen LogP contribution < -0.4 is 5.73 Å². The van der Waals surface area contributed by atoms with Gasteiger partial charge in [0, 0.05) is 6.04 Å². The fraction of sp³-hybridized carbons (Fsp3) is 0.500. The van der Waals surface area contributed by atoms with Crippen molar-refractivity contribution in [3.05, 3.63) is 35.4 Å². The molecule has 16 heavy (non-hydrogen) atoms. The highest BCUT2D eigenvalue weighted by Crippen LogP contribution is 2.36. The van der Waals surface area contributed by atoms with Gasteiger partial charge in [0.2, 0.25) is 0 Å². The lowest BCUT2D eigenvalue weighted by atomic mass is 9.93. The van der Waals surface area contributed by atoms with Gasteiger partial charge in [-0.05, 0) is 30.4 Å². The van der Waals surface area contributed by atoms with Crippen LogP contribution in [0.2, 0.25) is 0 Å². The summed E-state index contributed by atoms with van der Waals surface area (Å²) in [5.74, 6) is 0.0855. The van der Waals surface area contributed by atoms with Crippen LogP contribution in [0.25, 0.3) is 0 Å². The summed E-state index contributed by atoms with van der Waals surface area (Å²) in [5, 5.41) is 0. The standard InChI is InChI=1S/C12H14F3N/c13-12(14,15)9-4-1-3-8(7-9)10-5-2-6-11(10)16/h1,3-4,7,10-11H,2,5-6,16H2/t10-,11-/m1/s1. The summed E-state index contributed by atoms with van der Waals surface area (Å²) in [6.45, 7) is 0. The predicted octanol–water partition coefficient (Wildman–Crippen LogP) is 3.30. The summed E-state index contributed by atoms with van der Waals surface area (Å²) in [6.07, 6.45) is -1.47. The number of alkyl halides is 3. The van der Waals surface area contributed by atoms with Gasteiger partial charge in [-0.2, -0.15) is 13.2 Å². The molecular weight excluding hydrogens is 215 g/mol. The summed E-state index contributed by atoms with van der Waals surface area (Å²) in [4.78, 5) is 0. The molecule has 0 aliphatic heterocycles. The van der Waals surface area contributed by atoms with Crippen molar-refractivity contribution in [1.29, 1.82) is 0 Å². The summed E-state index contributed by atoms with van der Waals surface area (Å²) in [5.41, 5.74) is 6.03. The first kappa shape index (κ1) is 11.5. The van der Waals surface area contributed by atoms with Gasteiger partial charge in [-0.25, -0.2) is 0 Å². The van der Waals surface area contributed by atoms with E-state index in [1.807, 2.05) is 0 Å². The third-order valence-corrected chi connectivity index (χ3v) is 3.21. The molecule has 1 aliphatic rings. The molecule has 0 unspecified atom stereocenters. The van der Waals surface area contributed by atoms with E-state index in [2.05, 4.69) is 0 Å². The third-order valence-electron chi connectivity index (χ3n) is 3.21. The highest BCUT2D eigenvalue weighted by Gasteiger charge is 2.32. The van der Waals surface area contributed by atoms with E-state index in [1.54, 1.807) is 6.07 Å². The number of nitrogens with two attached hydrogens (primary N) is 1. The van der Waals surface area contributed by atoms with Gasteiger partial charge < -0.3 is 5.73 Å². The van der Waals surface area contributed by atoms with E-state index in [-0.39, 0.29) is 12.0 Å². The van der Waals surface area contributed by atoms with Gasteiger partial charge in [0.15, 0.2) is 0 Å². The van der Waals surface area contributed by atoms with Crippen LogP contribution in [0.1, 0.15) is 36.3 Å². The Balaban J connectivity index is 2.29. The Morgan fingerprint density at radius 2 is 1.94 bits per heavy atom. The molecular formula is C12H14F3N. The van der Waals surface area contributed by atoms with E-state index in [1.165, 1.54) is 12.1 Å². The van der Waals surface area contributed by atoms with Crippen molar-refractivity contribution in [3.63, 3.8) is 0 Å². The molecule has 2 N–H and O–H groups in total. The fourth-order valence-electron chi connectivity index (χ4n) is 2.35. The minimum Gasteiger partial charge on any atom is -0.327 e. The molecule has 1 aromatic rings. The average Bonchev–Trinajstić information content (AvgIpc) is 2.63. The molecule has 0 heterocycles. The zero-order valence-electron chi connectivity index (χ0n) is 8.80. The maximum atomic E-state index is 12.5. The highest BCUT2D eigenvalue weighted by atomic mass is 19.4. The van der Waals surface area contributed by atoms with Crippen LogP contribution in [0.15, 0.2) is 24.3 Å². The van der Waals surface area contributed by atoms with Gasteiger partial charge in [-0.3, -0.25) is 0 Å². The molecule has 0 saturated heterocycles. The van der Waals surface area contributed by atoms with Crippen LogP contribution in [-0.4, -0.2) is 6.04 Å². The van der Waals surface area contributed by atoms with Gasteiger partial charge in [0.05, 0.1) is 5.56 Å². The van der Waals surface area contributed by atoms with Crippen molar-refractivity contribution in [2.75, 3.05) is 0 Å². The first-order valence-electron chi connectivity index (χ1n) is 5.41. The van der Waals surface area contributed by atoms with Crippen LogP contribution in [0, 0.1) is 0 Å². The molecule has 0 bridgehead atoms. The maximum absolute atomic E-state index is 12.5. The van der Waals surface area contributed by atoms with Crippen molar-refractivity contribution >= 4 is 0 Å². The molecule has 0 aromatic heterocycles. The van der Waals surface area contributed by atoms with Crippen LogP contribution in [-0.2, 0) is 6.18 Å². The molecule has 88 valence electrons. The molecule has 1 fully saturated rings. The van der Waals surface area contributed by atoms with Gasteiger partial charge in [-0.1, -0.05) is 24.6 Å². The molecule has 2 rings (SSSR count). The molecule has 4 heteroatoms. The number of hydrogen-bond donors (Lipinski definition) is 1. The number of halogens is 3. The van der Waals surface area contributed by atoms with Crippen LogP contribution in [0.3, 0.4) is 0 Å². The summed E-state index contributed by atoms with van der Waals surface area (Å²) >= 11 is 0. The maximum Gasteiger partial charge on any atom is 0.416 e. The van der Waals surface area contributed by atoms with Crippen molar-refractivity contribution < 1.29 is 13.2 Å². The Hall–Kier alpha value is -1.03. The first-order chi connectivity index (χ1) is 7.48. The molecule has 0 amide bonds. The lowest BCUT2D eigenvalue weighted by molar-refractivity contribution is -0.137. The third kappa shape index (κ3) is 2.21. The molecule has 1 aliphatic carbocycles. The van der Waals surface area contributed by atoms with Gasteiger partial charge >= 0.3 is 6.18 Å². The lowest BCUT2D eigenvalue weighted by Crippen LogP contribution is -2.23. The van der Waals surface area contributed by atoms with E-state index in [0.29, 0.717) is 0 Å². The van der Waals surface area contributed by atoms with Crippen molar-refractivity contribution in [3.8, 4) is 0 Å². The van der Waals surface area contributed by atoms with E-state index in [4.69, 9.17) is 5.73 Å². The summed E-state index contributed by atoms with van der Waals surface area (Å²) < 4.78 is 37.6. The van der Waals surface area contributed by atoms with E-state index in [0.717, 1.165) is 30.9 Å². The van der Waals surface area contributed by atoms with Crippen LogP contribution in [0.5, 0.6) is 0 Å². The molecule has 2 atom stereocenters. The second-order valence-electron chi connectivity index (χ2n) is 4.32. The number of hydrogen-bond acceptors (Lipinski definition) is 1. The van der Waals surface area contributed by atoms with E-state index in [9.17, 15) is 13.2 Å². The monoisotopic (exact) mass is 229 g/mol. The largest absolute Gasteiger partial charge is 0.416 e. The quantitative estimate of drug-likeness (QED) is 0.785. The Kier molecular flexibility index (Phi) is 2.93. The zero-order valence-corrected chi connectivity index (χ0v) is 8.80.